The maximum atomic E-state index is 6.05. The highest BCUT2D eigenvalue weighted by atomic mass is 16.4. The number of aromatic nitrogens is 2. The van der Waals surface area contributed by atoms with Crippen LogP contribution in [0.3, 0.4) is 0 Å². The van der Waals surface area contributed by atoms with Crippen molar-refractivity contribution >= 4 is 6.01 Å². The molecule has 5 heteroatoms. The molecule has 1 atom stereocenters. The van der Waals surface area contributed by atoms with Crippen LogP contribution in [-0.2, 0) is 0 Å². The Balaban J connectivity index is 1.97. The summed E-state index contributed by atoms with van der Waals surface area (Å²) in [5.41, 5.74) is 6.05. The molecule has 102 valence electrons. The van der Waals surface area contributed by atoms with Gasteiger partial charge < -0.3 is 15.1 Å². The molecule has 0 saturated carbocycles. The van der Waals surface area contributed by atoms with Gasteiger partial charge in [-0.1, -0.05) is 25.9 Å². The highest BCUT2D eigenvalue weighted by Crippen LogP contribution is 2.24. The molecule has 0 aliphatic carbocycles. The number of nitrogens with zero attached hydrogens (tertiary/aromatic N) is 3. The van der Waals surface area contributed by atoms with Gasteiger partial charge in [-0.3, -0.25) is 0 Å². The van der Waals surface area contributed by atoms with Crippen molar-refractivity contribution in [1.82, 2.24) is 10.2 Å². The minimum Gasteiger partial charge on any atom is -0.406 e. The lowest BCUT2D eigenvalue weighted by atomic mass is 10.00. The zero-order valence-corrected chi connectivity index (χ0v) is 11.6. The molecule has 0 spiro atoms. The standard InChI is InChI=1S/C13H24N4O/c1-9(2)8-11(14)12-15-16-13(18-12)17-6-4-10(3)5-7-17/h9-11H,4-8,14H2,1-3H3. The summed E-state index contributed by atoms with van der Waals surface area (Å²) in [5.74, 6) is 1.90. The summed E-state index contributed by atoms with van der Waals surface area (Å²) >= 11 is 0. The Morgan fingerprint density at radius 2 is 2.00 bits per heavy atom. The molecule has 2 rings (SSSR count). The van der Waals surface area contributed by atoms with Crippen LogP contribution in [0.15, 0.2) is 4.42 Å². The average molecular weight is 252 g/mol. The van der Waals surface area contributed by atoms with E-state index in [0.29, 0.717) is 17.8 Å². The van der Waals surface area contributed by atoms with Gasteiger partial charge in [-0.15, -0.1) is 5.10 Å². The maximum absolute atomic E-state index is 6.05. The SMILES string of the molecule is CC(C)CC(N)c1nnc(N2CCC(C)CC2)o1. The van der Waals surface area contributed by atoms with Gasteiger partial charge in [0.05, 0.1) is 6.04 Å². The molecular weight excluding hydrogens is 228 g/mol. The van der Waals surface area contributed by atoms with Crippen molar-refractivity contribution in [2.75, 3.05) is 18.0 Å². The van der Waals surface area contributed by atoms with Crippen molar-refractivity contribution in [2.45, 2.75) is 46.1 Å². The molecule has 5 nitrogen and oxygen atoms in total. The van der Waals surface area contributed by atoms with Crippen LogP contribution in [0.2, 0.25) is 0 Å². The van der Waals surface area contributed by atoms with Crippen molar-refractivity contribution in [3.63, 3.8) is 0 Å². The van der Waals surface area contributed by atoms with E-state index in [1.807, 2.05) is 0 Å². The van der Waals surface area contributed by atoms with Crippen molar-refractivity contribution in [1.29, 1.82) is 0 Å². The van der Waals surface area contributed by atoms with E-state index in [1.54, 1.807) is 0 Å². The minimum atomic E-state index is -0.144. The fraction of sp³-hybridized carbons (Fsp3) is 0.846. The molecule has 1 aliphatic rings. The molecule has 1 aromatic rings. The summed E-state index contributed by atoms with van der Waals surface area (Å²) in [6.45, 7) is 8.58. The molecule has 1 saturated heterocycles. The summed E-state index contributed by atoms with van der Waals surface area (Å²) < 4.78 is 5.70. The second-order valence-corrected chi connectivity index (χ2v) is 5.83. The maximum Gasteiger partial charge on any atom is 0.318 e. The van der Waals surface area contributed by atoms with Gasteiger partial charge in [0.15, 0.2) is 0 Å². The summed E-state index contributed by atoms with van der Waals surface area (Å²) in [7, 11) is 0. The Labute approximate surface area is 109 Å². The van der Waals surface area contributed by atoms with E-state index in [4.69, 9.17) is 10.2 Å². The first-order chi connectivity index (χ1) is 8.56. The summed E-state index contributed by atoms with van der Waals surface area (Å²) in [6.07, 6.45) is 3.25. The van der Waals surface area contributed by atoms with Crippen molar-refractivity contribution in [3.05, 3.63) is 5.89 Å². The molecule has 2 N–H and O–H groups in total. The van der Waals surface area contributed by atoms with Crippen LogP contribution in [0.1, 0.15) is 52.0 Å². The van der Waals surface area contributed by atoms with Crippen LogP contribution in [0.4, 0.5) is 6.01 Å². The van der Waals surface area contributed by atoms with E-state index in [-0.39, 0.29) is 6.04 Å². The Hall–Kier alpha value is -1.10. The van der Waals surface area contributed by atoms with Gasteiger partial charge in [-0.25, -0.2) is 0 Å². The predicted molar refractivity (Wildman–Crippen MR) is 71.3 cm³/mol. The highest BCUT2D eigenvalue weighted by molar-refractivity contribution is 5.25. The molecule has 1 aromatic heterocycles. The summed E-state index contributed by atoms with van der Waals surface area (Å²) in [6, 6.07) is 0.492. The number of nitrogens with two attached hydrogens (primary N) is 1. The van der Waals surface area contributed by atoms with E-state index >= 15 is 0 Å². The zero-order chi connectivity index (χ0) is 13.1. The van der Waals surface area contributed by atoms with E-state index < -0.39 is 0 Å². The second-order valence-electron chi connectivity index (χ2n) is 5.83. The fourth-order valence-electron chi connectivity index (χ4n) is 2.31. The van der Waals surface area contributed by atoms with Gasteiger partial charge in [-0.2, -0.15) is 0 Å². The smallest absolute Gasteiger partial charge is 0.318 e. The minimum absolute atomic E-state index is 0.144. The van der Waals surface area contributed by atoms with Gasteiger partial charge >= 0.3 is 6.01 Å². The van der Waals surface area contributed by atoms with Crippen LogP contribution in [-0.4, -0.2) is 23.3 Å². The largest absolute Gasteiger partial charge is 0.406 e. The van der Waals surface area contributed by atoms with Crippen LogP contribution in [0, 0.1) is 11.8 Å². The Kier molecular flexibility index (Phi) is 4.22. The van der Waals surface area contributed by atoms with Crippen LogP contribution < -0.4 is 10.6 Å². The lowest BCUT2D eigenvalue weighted by Gasteiger charge is -2.28. The van der Waals surface area contributed by atoms with E-state index in [9.17, 15) is 0 Å². The predicted octanol–water partition coefficient (Wildman–Crippen LogP) is 2.35. The van der Waals surface area contributed by atoms with Gasteiger partial charge in [0.1, 0.15) is 0 Å². The second kappa shape index (κ2) is 5.69. The average Bonchev–Trinajstić information content (AvgIpc) is 2.78. The molecule has 0 aromatic carbocycles. The molecule has 0 amide bonds. The molecule has 1 fully saturated rings. The third-order valence-corrected chi connectivity index (χ3v) is 3.53. The summed E-state index contributed by atoms with van der Waals surface area (Å²) in [4.78, 5) is 2.17. The number of anilines is 1. The zero-order valence-electron chi connectivity index (χ0n) is 11.6. The normalized spacial score (nSPS) is 19.5. The molecule has 1 aliphatic heterocycles. The van der Waals surface area contributed by atoms with Gasteiger partial charge in [-0.05, 0) is 31.1 Å². The van der Waals surface area contributed by atoms with Crippen LogP contribution in [0.5, 0.6) is 0 Å². The first kappa shape index (κ1) is 13.3. The van der Waals surface area contributed by atoms with E-state index in [1.165, 1.54) is 12.8 Å². The molecule has 18 heavy (non-hydrogen) atoms. The molecule has 0 radical (unpaired) electrons. The van der Waals surface area contributed by atoms with Crippen LogP contribution in [0.25, 0.3) is 0 Å². The lowest BCUT2D eigenvalue weighted by molar-refractivity contribution is 0.380. The highest BCUT2D eigenvalue weighted by Gasteiger charge is 2.22. The topological polar surface area (TPSA) is 68.2 Å². The van der Waals surface area contributed by atoms with E-state index in [2.05, 4.69) is 35.9 Å². The van der Waals surface area contributed by atoms with Crippen molar-refractivity contribution in [2.24, 2.45) is 17.6 Å². The number of hydrogen-bond acceptors (Lipinski definition) is 5. The third kappa shape index (κ3) is 3.22. The molecule has 2 heterocycles. The van der Waals surface area contributed by atoms with Gasteiger partial charge in [0.2, 0.25) is 5.89 Å². The lowest BCUT2D eigenvalue weighted by Crippen LogP contribution is -2.32. The Bertz CT molecular complexity index is 369. The quantitative estimate of drug-likeness (QED) is 0.891. The monoisotopic (exact) mass is 252 g/mol. The first-order valence-corrected chi connectivity index (χ1v) is 6.90. The molecular formula is C13H24N4O. The molecule has 1 unspecified atom stereocenters. The van der Waals surface area contributed by atoms with Crippen molar-refractivity contribution < 1.29 is 4.42 Å². The third-order valence-electron chi connectivity index (χ3n) is 3.53. The first-order valence-electron chi connectivity index (χ1n) is 6.90. The summed E-state index contributed by atoms with van der Waals surface area (Å²) in [5, 5.41) is 8.20. The Morgan fingerprint density at radius 1 is 1.33 bits per heavy atom. The molecule has 0 bridgehead atoms. The van der Waals surface area contributed by atoms with Crippen molar-refractivity contribution in [3.8, 4) is 0 Å². The van der Waals surface area contributed by atoms with Gasteiger partial charge in [0, 0.05) is 13.1 Å². The van der Waals surface area contributed by atoms with E-state index in [0.717, 1.165) is 25.4 Å². The number of rotatable bonds is 4. The number of piperidine rings is 1. The fourth-order valence-corrected chi connectivity index (χ4v) is 2.31. The Morgan fingerprint density at radius 3 is 2.61 bits per heavy atom. The van der Waals surface area contributed by atoms with Gasteiger partial charge in [0.25, 0.3) is 0 Å². The number of hydrogen-bond donors (Lipinski definition) is 1. The van der Waals surface area contributed by atoms with Crippen LogP contribution >= 0.6 is 0 Å².